The van der Waals surface area contributed by atoms with Gasteiger partial charge in [0.2, 0.25) is 0 Å². The Hall–Kier alpha value is -2.74. The third kappa shape index (κ3) is 2.75. The van der Waals surface area contributed by atoms with Crippen molar-refractivity contribution in [3.8, 4) is 28.8 Å². The van der Waals surface area contributed by atoms with Crippen LogP contribution < -0.4 is 15.0 Å². The van der Waals surface area contributed by atoms with Gasteiger partial charge in [0, 0.05) is 24.2 Å². The molecule has 0 bridgehead atoms. The number of ether oxygens (including phenoxy) is 2. The van der Waals surface area contributed by atoms with Crippen LogP contribution in [0.1, 0.15) is 5.56 Å². The van der Waals surface area contributed by atoms with E-state index in [2.05, 4.69) is 0 Å². The second-order valence-electron chi connectivity index (χ2n) is 4.51. The van der Waals surface area contributed by atoms with E-state index in [4.69, 9.17) is 14.7 Å². The SMILES string of the molecule is COc1ccc(-c2ccc(CC#N)c(=O)n2C)c(OC)c1. The summed E-state index contributed by atoms with van der Waals surface area (Å²) in [6.45, 7) is 0. The zero-order chi connectivity index (χ0) is 15.4. The third-order valence-corrected chi connectivity index (χ3v) is 3.34. The lowest BCUT2D eigenvalue weighted by atomic mass is 10.1. The molecular formula is C16H16N2O3. The fourth-order valence-electron chi connectivity index (χ4n) is 2.19. The lowest BCUT2D eigenvalue weighted by molar-refractivity contribution is 0.395. The number of rotatable bonds is 4. The first-order valence-corrected chi connectivity index (χ1v) is 6.40. The summed E-state index contributed by atoms with van der Waals surface area (Å²) in [7, 11) is 4.84. The minimum atomic E-state index is -0.174. The van der Waals surface area contributed by atoms with E-state index in [0.29, 0.717) is 17.1 Å². The molecule has 0 unspecified atom stereocenters. The molecule has 0 fully saturated rings. The molecule has 0 aliphatic heterocycles. The smallest absolute Gasteiger partial charge is 0.255 e. The molecule has 0 radical (unpaired) electrons. The standard InChI is InChI=1S/C16H16N2O3/c1-18-14(7-4-11(8-9-17)16(18)19)13-6-5-12(20-2)10-15(13)21-3/h4-7,10H,8H2,1-3H3. The Morgan fingerprint density at radius 1 is 1.19 bits per heavy atom. The van der Waals surface area contributed by atoms with E-state index in [0.717, 1.165) is 11.3 Å². The lowest BCUT2D eigenvalue weighted by Gasteiger charge is -2.14. The molecule has 5 heteroatoms. The Balaban J connectivity index is 2.60. The highest BCUT2D eigenvalue weighted by molar-refractivity contribution is 5.69. The van der Waals surface area contributed by atoms with Crippen molar-refractivity contribution in [3.05, 3.63) is 46.2 Å². The van der Waals surface area contributed by atoms with E-state index in [-0.39, 0.29) is 12.0 Å². The van der Waals surface area contributed by atoms with Crippen LogP contribution >= 0.6 is 0 Å². The minimum Gasteiger partial charge on any atom is -0.497 e. The van der Waals surface area contributed by atoms with Crippen molar-refractivity contribution >= 4 is 0 Å². The van der Waals surface area contributed by atoms with Gasteiger partial charge in [-0.3, -0.25) is 4.79 Å². The molecule has 2 aromatic rings. The van der Waals surface area contributed by atoms with Crippen LogP contribution in [0.5, 0.6) is 11.5 Å². The number of nitrogens with zero attached hydrogens (tertiary/aromatic N) is 2. The Morgan fingerprint density at radius 3 is 2.57 bits per heavy atom. The van der Waals surface area contributed by atoms with E-state index in [1.54, 1.807) is 33.4 Å². The number of hydrogen-bond donors (Lipinski definition) is 0. The first-order chi connectivity index (χ1) is 10.1. The summed E-state index contributed by atoms with van der Waals surface area (Å²) in [6, 6.07) is 10.9. The monoisotopic (exact) mass is 284 g/mol. The molecule has 0 saturated carbocycles. The van der Waals surface area contributed by atoms with Crippen molar-refractivity contribution in [3.63, 3.8) is 0 Å². The Morgan fingerprint density at radius 2 is 1.95 bits per heavy atom. The Labute approximate surface area is 123 Å². The molecule has 0 N–H and O–H groups in total. The predicted octanol–water partition coefficient (Wildman–Crippen LogP) is 2.14. The van der Waals surface area contributed by atoms with Gasteiger partial charge < -0.3 is 14.0 Å². The second kappa shape index (κ2) is 6.14. The number of nitriles is 1. The molecule has 0 aliphatic rings. The van der Waals surface area contributed by atoms with E-state index in [1.807, 2.05) is 24.3 Å². The lowest BCUT2D eigenvalue weighted by Crippen LogP contribution is -2.22. The van der Waals surface area contributed by atoms with Gasteiger partial charge in [-0.25, -0.2) is 0 Å². The number of pyridine rings is 1. The summed E-state index contributed by atoms with van der Waals surface area (Å²) in [6.07, 6.45) is 0.104. The van der Waals surface area contributed by atoms with Crippen LogP contribution in [0.3, 0.4) is 0 Å². The quantitative estimate of drug-likeness (QED) is 0.862. The van der Waals surface area contributed by atoms with Gasteiger partial charge in [-0.05, 0) is 18.2 Å². The maximum absolute atomic E-state index is 12.2. The molecule has 1 heterocycles. The van der Waals surface area contributed by atoms with Crippen LogP contribution in [-0.2, 0) is 13.5 Å². The van der Waals surface area contributed by atoms with Crippen molar-refractivity contribution in [1.29, 1.82) is 5.26 Å². The number of aromatic nitrogens is 1. The van der Waals surface area contributed by atoms with Crippen molar-refractivity contribution in [2.75, 3.05) is 14.2 Å². The van der Waals surface area contributed by atoms with E-state index < -0.39 is 0 Å². The summed E-state index contributed by atoms with van der Waals surface area (Å²) in [5, 5.41) is 8.73. The van der Waals surface area contributed by atoms with Crippen molar-refractivity contribution in [1.82, 2.24) is 4.57 Å². The van der Waals surface area contributed by atoms with E-state index in [1.165, 1.54) is 4.57 Å². The first-order valence-electron chi connectivity index (χ1n) is 6.40. The Kier molecular flexibility index (Phi) is 4.29. The van der Waals surface area contributed by atoms with Gasteiger partial charge in [0.15, 0.2) is 0 Å². The van der Waals surface area contributed by atoms with E-state index >= 15 is 0 Å². The van der Waals surface area contributed by atoms with Crippen molar-refractivity contribution in [2.45, 2.75) is 6.42 Å². The molecule has 21 heavy (non-hydrogen) atoms. The zero-order valence-corrected chi connectivity index (χ0v) is 12.2. The maximum atomic E-state index is 12.2. The highest BCUT2D eigenvalue weighted by atomic mass is 16.5. The molecule has 0 saturated heterocycles. The van der Waals surface area contributed by atoms with Crippen LogP contribution in [0.25, 0.3) is 11.3 Å². The molecular weight excluding hydrogens is 268 g/mol. The minimum absolute atomic E-state index is 0.104. The maximum Gasteiger partial charge on any atom is 0.255 e. The number of benzene rings is 1. The van der Waals surface area contributed by atoms with Gasteiger partial charge >= 0.3 is 0 Å². The van der Waals surface area contributed by atoms with Crippen LogP contribution in [0.2, 0.25) is 0 Å². The highest BCUT2D eigenvalue weighted by Gasteiger charge is 2.12. The highest BCUT2D eigenvalue weighted by Crippen LogP contribution is 2.32. The first kappa shape index (κ1) is 14.7. The fourth-order valence-corrected chi connectivity index (χ4v) is 2.19. The van der Waals surface area contributed by atoms with Crippen molar-refractivity contribution in [2.24, 2.45) is 7.05 Å². The van der Waals surface area contributed by atoms with Gasteiger partial charge in [0.05, 0.1) is 32.4 Å². The summed E-state index contributed by atoms with van der Waals surface area (Å²) in [5.41, 5.74) is 1.82. The Bertz CT molecular complexity index is 757. The molecule has 2 rings (SSSR count). The van der Waals surface area contributed by atoms with Gasteiger partial charge in [0.1, 0.15) is 11.5 Å². The summed E-state index contributed by atoms with van der Waals surface area (Å²) >= 11 is 0. The average molecular weight is 284 g/mol. The van der Waals surface area contributed by atoms with E-state index in [9.17, 15) is 4.79 Å². The van der Waals surface area contributed by atoms with Gasteiger partial charge in [-0.15, -0.1) is 0 Å². The second-order valence-corrected chi connectivity index (χ2v) is 4.51. The molecule has 0 atom stereocenters. The molecule has 0 aliphatic carbocycles. The van der Waals surface area contributed by atoms with Crippen LogP contribution in [0.15, 0.2) is 35.1 Å². The summed E-state index contributed by atoms with van der Waals surface area (Å²) in [4.78, 5) is 12.2. The number of hydrogen-bond acceptors (Lipinski definition) is 4. The van der Waals surface area contributed by atoms with Gasteiger partial charge in [-0.1, -0.05) is 6.07 Å². The van der Waals surface area contributed by atoms with Crippen LogP contribution in [-0.4, -0.2) is 18.8 Å². The third-order valence-electron chi connectivity index (χ3n) is 3.34. The van der Waals surface area contributed by atoms with Gasteiger partial charge in [-0.2, -0.15) is 5.26 Å². The topological polar surface area (TPSA) is 64.2 Å². The van der Waals surface area contributed by atoms with Crippen LogP contribution in [0, 0.1) is 11.3 Å². The molecule has 1 aromatic carbocycles. The van der Waals surface area contributed by atoms with Crippen LogP contribution in [0.4, 0.5) is 0 Å². The largest absolute Gasteiger partial charge is 0.497 e. The van der Waals surface area contributed by atoms with Gasteiger partial charge in [0.25, 0.3) is 5.56 Å². The molecule has 108 valence electrons. The van der Waals surface area contributed by atoms with Crippen molar-refractivity contribution < 1.29 is 9.47 Å². The molecule has 1 aromatic heterocycles. The molecule has 0 spiro atoms. The summed E-state index contributed by atoms with van der Waals surface area (Å²) < 4.78 is 12.1. The fraction of sp³-hybridized carbons (Fsp3) is 0.250. The zero-order valence-electron chi connectivity index (χ0n) is 12.2. The average Bonchev–Trinajstić information content (AvgIpc) is 2.52. The number of methoxy groups -OCH3 is 2. The summed E-state index contributed by atoms with van der Waals surface area (Å²) in [5.74, 6) is 1.30. The molecule has 0 amide bonds. The predicted molar refractivity (Wildman–Crippen MR) is 79.5 cm³/mol. The molecule has 5 nitrogen and oxygen atoms in total. The normalized spacial score (nSPS) is 10.0.